The molecule has 5 nitrogen and oxygen atoms in total. The van der Waals surface area contributed by atoms with E-state index in [1.54, 1.807) is 0 Å². The van der Waals surface area contributed by atoms with E-state index in [1.165, 1.54) is 17.0 Å². The maximum absolute atomic E-state index is 13.4. The lowest BCUT2D eigenvalue weighted by Gasteiger charge is -2.36. The minimum atomic E-state index is -4.65. The van der Waals surface area contributed by atoms with Crippen LogP contribution in [-0.4, -0.2) is 32.1 Å². The number of carbonyl (C=O) groups excluding carboxylic acids is 1. The molecule has 0 N–H and O–H groups in total. The zero-order chi connectivity index (χ0) is 21.5. The number of nitrogens with zero attached hydrogens (tertiary/aromatic N) is 4. The molecule has 0 saturated heterocycles. The van der Waals surface area contributed by atoms with Crippen LogP contribution in [0.15, 0.2) is 48.5 Å². The van der Waals surface area contributed by atoms with Gasteiger partial charge in [-0.1, -0.05) is 54.9 Å². The molecule has 1 amide bonds. The summed E-state index contributed by atoms with van der Waals surface area (Å²) in [4.78, 5) is 14.9. The molecule has 1 aromatic heterocycles. The van der Waals surface area contributed by atoms with Crippen molar-refractivity contribution in [2.75, 3.05) is 6.54 Å². The summed E-state index contributed by atoms with van der Waals surface area (Å²) in [5, 5.41) is 7.93. The van der Waals surface area contributed by atoms with Crippen molar-refractivity contribution in [1.29, 1.82) is 0 Å². The minimum Gasteiger partial charge on any atom is -0.322 e. The number of hydrogen-bond acceptors (Lipinski definition) is 3. The number of hydrogen-bond donors (Lipinski definition) is 0. The second-order valence-electron chi connectivity index (χ2n) is 6.96. The third-order valence-corrected chi connectivity index (χ3v) is 5.61. The van der Waals surface area contributed by atoms with E-state index in [4.69, 9.17) is 11.6 Å². The Hall–Kier alpha value is -2.87. The molecule has 2 aromatic carbocycles. The van der Waals surface area contributed by atoms with Crippen molar-refractivity contribution in [2.24, 2.45) is 0 Å². The zero-order valence-electron chi connectivity index (χ0n) is 16.0. The Labute approximate surface area is 176 Å². The van der Waals surface area contributed by atoms with Gasteiger partial charge in [-0.3, -0.25) is 4.79 Å². The van der Waals surface area contributed by atoms with Crippen LogP contribution in [0.25, 0.3) is 0 Å². The fraction of sp³-hybridized carbons (Fsp3) is 0.286. The van der Waals surface area contributed by atoms with Gasteiger partial charge in [-0.15, -0.1) is 10.2 Å². The fourth-order valence-corrected chi connectivity index (χ4v) is 4.10. The van der Waals surface area contributed by atoms with E-state index in [2.05, 4.69) is 10.2 Å². The van der Waals surface area contributed by atoms with Gasteiger partial charge in [0.05, 0.1) is 16.1 Å². The summed E-state index contributed by atoms with van der Waals surface area (Å²) in [6, 6.07) is 12.0. The Morgan fingerprint density at radius 1 is 1.10 bits per heavy atom. The lowest BCUT2D eigenvalue weighted by molar-refractivity contribution is -0.137. The van der Waals surface area contributed by atoms with Crippen molar-refractivity contribution in [2.45, 2.75) is 32.1 Å². The number of alkyl halides is 3. The van der Waals surface area contributed by atoms with Crippen LogP contribution in [0.3, 0.4) is 0 Å². The first kappa shape index (κ1) is 20.4. The molecular formula is C21H18ClF3N4O. The molecule has 0 saturated carbocycles. The summed E-state index contributed by atoms with van der Waals surface area (Å²) in [5.74, 6) is 0.808. The molecule has 0 bridgehead atoms. The van der Waals surface area contributed by atoms with Crippen LogP contribution >= 0.6 is 11.6 Å². The van der Waals surface area contributed by atoms with E-state index in [-0.39, 0.29) is 5.56 Å². The maximum atomic E-state index is 13.4. The second-order valence-corrected chi connectivity index (χ2v) is 7.33. The third-order valence-electron chi connectivity index (χ3n) is 5.20. The van der Waals surface area contributed by atoms with E-state index >= 15 is 0 Å². The van der Waals surface area contributed by atoms with Gasteiger partial charge < -0.3 is 9.47 Å². The predicted molar refractivity (Wildman–Crippen MR) is 105 cm³/mol. The smallest absolute Gasteiger partial charge is 0.322 e. The number of carbonyl (C=O) groups is 1. The standard InChI is InChI=1S/C21H18ClF3N4O/c1-2-16-26-27-19-18(13-7-4-3-5-8-13)29(12-11-28(16)19)20(30)14-9-6-10-15(17(14)22)21(23,24)25/h3-10,18H,2,11-12H2,1H3/t18-/m1/s1. The Morgan fingerprint density at radius 3 is 2.50 bits per heavy atom. The van der Waals surface area contributed by atoms with Gasteiger partial charge in [0.1, 0.15) is 11.9 Å². The molecule has 3 aromatic rings. The first-order valence-corrected chi connectivity index (χ1v) is 9.84. The highest BCUT2D eigenvalue weighted by Gasteiger charge is 2.39. The van der Waals surface area contributed by atoms with Crippen molar-refractivity contribution in [3.05, 3.63) is 81.9 Å². The first-order valence-electron chi connectivity index (χ1n) is 9.46. The van der Waals surface area contributed by atoms with Crippen molar-refractivity contribution >= 4 is 17.5 Å². The summed E-state index contributed by atoms with van der Waals surface area (Å²) >= 11 is 6.03. The highest BCUT2D eigenvalue weighted by molar-refractivity contribution is 6.34. The maximum Gasteiger partial charge on any atom is 0.417 e. The predicted octanol–water partition coefficient (Wildman–Crippen LogP) is 4.76. The van der Waals surface area contributed by atoms with E-state index < -0.39 is 28.7 Å². The van der Waals surface area contributed by atoms with Crippen molar-refractivity contribution in [3.63, 3.8) is 0 Å². The average Bonchev–Trinajstić information content (AvgIpc) is 3.15. The number of aryl methyl sites for hydroxylation is 1. The highest BCUT2D eigenvalue weighted by Crippen LogP contribution is 2.38. The molecule has 30 heavy (non-hydrogen) atoms. The Kier molecular flexibility index (Phi) is 5.27. The third kappa shape index (κ3) is 3.45. The number of rotatable bonds is 3. The van der Waals surface area contributed by atoms with E-state index in [0.717, 1.165) is 17.5 Å². The SMILES string of the molecule is CCc1nnc2n1CCN(C(=O)c1cccc(C(F)(F)F)c1Cl)[C@@H]2c1ccccc1. The number of fused-ring (bicyclic) bond motifs is 1. The molecule has 0 spiro atoms. The van der Waals surface area contributed by atoms with Crippen LogP contribution in [0.5, 0.6) is 0 Å². The summed E-state index contributed by atoms with van der Waals surface area (Å²) in [7, 11) is 0. The van der Waals surface area contributed by atoms with Crippen molar-refractivity contribution in [1.82, 2.24) is 19.7 Å². The van der Waals surface area contributed by atoms with Gasteiger partial charge in [0, 0.05) is 19.5 Å². The lowest BCUT2D eigenvalue weighted by atomic mass is 10.0. The Balaban J connectivity index is 1.81. The van der Waals surface area contributed by atoms with Crippen molar-refractivity contribution < 1.29 is 18.0 Å². The van der Waals surface area contributed by atoms with Crippen LogP contribution in [0.4, 0.5) is 13.2 Å². The van der Waals surface area contributed by atoms with E-state index in [9.17, 15) is 18.0 Å². The molecule has 1 atom stereocenters. The topological polar surface area (TPSA) is 51.0 Å². The quantitative estimate of drug-likeness (QED) is 0.597. The molecule has 9 heteroatoms. The van der Waals surface area contributed by atoms with Crippen LogP contribution in [0.1, 0.15) is 46.1 Å². The highest BCUT2D eigenvalue weighted by atomic mass is 35.5. The zero-order valence-corrected chi connectivity index (χ0v) is 16.8. The molecular weight excluding hydrogens is 417 g/mol. The van der Waals surface area contributed by atoms with Crippen LogP contribution in [0, 0.1) is 0 Å². The monoisotopic (exact) mass is 434 g/mol. The molecule has 1 aliphatic heterocycles. The van der Waals surface area contributed by atoms with E-state index in [1.807, 2.05) is 41.8 Å². The Bertz CT molecular complexity index is 1080. The molecule has 156 valence electrons. The molecule has 1 aliphatic rings. The number of halogens is 4. The lowest BCUT2D eigenvalue weighted by Crippen LogP contribution is -2.43. The van der Waals surface area contributed by atoms with Gasteiger partial charge in [0.25, 0.3) is 5.91 Å². The second kappa shape index (κ2) is 7.75. The van der Waals surface area contributed by atoms with Gasteiger partial charge >= 0.3 is 6.18 Å². The molecule has 0 radical (unpaired) electrons. The summed E-state index contributed by atoms with van der Waals surface area (Å²) < 4.78 is 41.8. The van der Waals surface area contributed by atoms with Gasteiger partial charge in [0.2, 0.25) is 0 Å². The molecule has 0 aliphatic carbocycles. The van der Waals surface area contributed by atoms with Gasteiger partial charge in [-0.2, -0.15) is 13.2 Å². The van der Waals surface area contributed by atoms with E-state index in [0.29, 0.717) is 25.3 Å². The molecule has 4 rings (SSSR count). The molecule has 2 heterocycles. The average molecular weight is 435 g/mol. The van der Waals surface area contributed by atoms with Crippen LogP contribution in [-0.2, 0) is 19.1 Å². The van der Waals surface area contributed by atoms with Crippen molar-refractivity contribution in [3.8, 4) is 0 Å². The number of aromatic nitrogens is 3. The number of amides is 1. The first-order chi connectivity index (χ1) is 14.3. The summed E-state index contributed by atoms with van der Waals surface area (Å²) in [5.41, 5.74) is -0.416. The summed E-state index contributed by atoms with van der Waals surface area (Å²) in [6.07, 6.45) is -3.97. The van der Waals surface area contributed by atoms with Crippen LogP contribution in [0.2, 0.25) is 5.02 Å². The largest absolute Gasteiger partial charge is 0.417 e. The van der Waals surface area contributed by atoms with Gasteiger partial charge in [0.15, 0.2) is 5.82 Å². The molecule has 0 unspecified atom stereocenters. The van der Waals surface area contributed by atoms with Gasteiger partial charge in [-0.05, 0) is 17.7 Å². The summed E-state index contributed by atoms with van der Waals surface area (Å²) in [6.45, 7) is 2.72. The van der Waals surface area contributed by atoms with Crippen LogP contribution < -0.4 is 0 Å². The number of benzene rings is 2. The minimum absolute atomic E-state index is 0.184. The van der Waals surface area contributed by atoms with Gasteiger partial charge in [-0.25, -0.2) is 0 Å². The molecule has 0 fully saturated rings. The normalized spacial score (nSPS) is 16.4. The fourth-order valence-electron chi connectivity index (χ4n) is 3.79. The Morgan fingerprint density at radius 2 is 1.83 bits per heavy atom.